The summed E-state index contributed by atoms with van der Waals surface area (Å²) in [6, 6.07) is 13.0. The van der Waals surface area contributed by atoms with Crippen molar-refractivity contribution in [3.05, 3.63) is 59.2 Å². The number of hydrogen-bond acceptors (Lipinski definition) is 4. The van der Waals surface area contributed by atoms with Gasteiger partial charge in [-0.3, -0.25) is 9.59 Å². The number of hydrazone groups is 1. The van der Waals surface area contributed by atoms with Gasteiger partial charge in [0.2, 0.25) is 11.8 Å². The van der Waals surface area contributed by atoms with Gasteiger partial charge in [-0.15, -0.1) is 0 Å². The van der Waals surface area contributed by atoms with E-state index in [9.17, 15) is 9.59 Å². The molecule has 0 bridgehead atoms. The number of hydrogen-bond donors (Lipinski definition) is 2. The van der Waals surface area contributed by atoms with Crippen LogP contribution in [0.3, 0.4) is 0 Å². The van der Waals surface area contributed by atoms with Crippen molar-refractivity contribution >= 4 is 23.7 Å². The molecule has 26 heavy (non-hydrogen) atoms. The third-order valence-corrected chi connectivity index (χ3v) is 3.57. The van der Waals surface area contributed by atoms with E-state index in [0.717, 1.165) is 22.4 Å². The van der Waals surface area contributed by atoms with Gasteiger partial charge >= 0.3 is 0 Å². The summed E-state index contributed by atoms with van der Waals surface area (Å²) in [5.41, 5.74) is 5.93. The van der Waals surface area contributed by atoms with Crippen LogP contribution in [0, 0.1) is 13.8 Å². The van der Waals surface area contributed by atoms with Gasteiger partial charge < -0.3 is 10.1 Å². The number of aryl methyl sites for hydroxylation is 2. The van der Waals surface area contributed by atoms with Crippen LogP contribution in [0.2, 0.25) is 0 Å². The number of carbonyl (C=O) groups excluding carboxylic acids is 2. The Morgan fingerprint density at radius 3 is 2.46 bits per heavy atom. The lowest BCUT2D eigenvalue weighted by atomic mass is 10.1. The fraction of sp³-hybridized carbons (Fsp3) is 0.250. The summed E-state index contributed by atoms with van der Waals surface area (Å²) < 4.78 is 5.35. The summed E-state index contributed by atoms with van der Waals surface area (Å²) >= 11 is 0. The van der Waals surface area contributed by atoms with E-state index in [1.807, 2.05) is 63.2 Å². The van der Waals surface area contributed by atoms with Crippen LogP contribution in [0.25, 0.3) is 0 Å². The van der Waals surface area contributed by atoms with Crippen LogP contribution in [0.1, 0.15) is 30.0 Å². The van der Waals surface area contributed by atoms with E-state index in [1.165, 1.54) is 6.21 Å². The molecule has 0 saturated heterocycles. The maximum absolute atomic E-state index is 12.0. The summed E-state index contributed by atoms with van der Waals surface area (Å²) in [4.78, 5) is 23.8. The molecule has 2 N–H and O–H groups in total. The molecule has 0 aliphatic heterocycles. The highest BCUT2D eigenvalue weighted by molar-refractivity contribution is 6.04. The second-order valence-electron chi connectivity index (χ2n) is 5.84. The number of benzene rings is 2. The van der Waals surface area contributed by atoms with E-state index in [0.29, 0.717) is 12.3 Å². The van der Waals surface area contributed by atoms with Crippen LogP contribution in [-0.4, -0.2) is 24.6 Å². The molecule has 6 heteroatoms. The number of nitrogens with zero attached hydrogens (tertiary/aromatic N) is 1. The number of anilines is 1. The molecule has 6 nitrogen and oxygen atoms in total. The van der Waals surface area contributed by atoms with Gasteiger partial charge in [-0.1, -0.05) is 17.7 Å². The van der Waals surface area contributed by atoms with Crippen molar-refractivity contribution in [1.82, 2.24) is 5.43 Å². The Balaban J connectivity index is 1.81. The zero-order valence-corrected chi connectivity index (χ0v) is 15.2. The molecule has 0 aliphatic rings. The Bertz CT molecular complexity index is 798. The Morgan fingerprint density at radius 2 is 1.81 bits per heavy atom. The van der Waals surface area contributed by atoms with Crippen LogP contribution in [0.4, 0.5) is 5.69 Å². The monoisotopic (exact) mass is 353 g/mol. The first-order valence-corrected chi connectivity index (χ1v) is 8.40. The van der Waals surface area contributed by atoms with Crippen LogP contribution in [0.5, 0.6) is 5.75 Å². The lowest BCUT2D eigenvalue weighted by Gasteiger charge is -2.08. The van der Waals surface area contributed by atoms with Crippen LogP contribution < -0.4 is 15.5 Å². The van der Waals surface area contributed by atoms with Gasteiger partial charge in [0.05, 0.1) is 12.8 Å². The fourth-order valence-electron chi connectivity index (χ4n) is 2.33. The highest BCUT2D eigenvalue weighted by Gasteiger charge is 2.10. The zero-order chi connectivity index (χ0) is 18.9. The van der Waals surface area contributed by atoms with Gasteiger partial charge in [0, 0.05) is 5.69 Å². The maximum Gasteiger partial charge on any atom is 0.249 e. The Labute approximate surface area is 153 Å². The minimum Gasteiger partial charge on any atom is -0.494 e. The summed E-state index contributed by atoms with van der Waals surface area (Å²) in [6.45, 7) is 6.41. The maximum atomic E-state index is 12.0. The quantitative estimate of drug-likeness (QED) is 0.456. The molecule has 0 fully saturated rings. The molecule has 0 spiro atoms. The second-order valence-corrected chi connectivity index (χ2v) is 5.84. The van der Waals surface area contributed by atoms with E-state index in [2.05, 4.69) is 15.8 Å². The number of amides is 2. The molecule has 2 rings (SSSR count). The van der Waals surface area contributed by atoms with Gasteiger partial charge in [0.15, 0.2) is 0 Å². The van der Waals surface area contributed by atoms with Crippen LogP contribution in [-0.2, 0) is 9.59 Å². The van der Waals surface area contributed by atoms with Crippen molar-refractivity contribution in [3.63, 3.8) is 0 Å². The smallest absolute Gasteiger partial charge is 0.249 e. The average Bonchev–Trinajstić information content (AvgIpc) is 2.59. The molecule has 0 atom stereocenters. The SMILES string of the molecule is CCOc1ccc(C=NNC(=O)CC(=O)Nc2ccc(C)cc2C)cc1. The van der Waals surface area contributed by atoms with Crippen molar-refractivity contribution in [1.29, 1.82) is 0 Å². The van der Waals surface area contributed by atoms with E-state index in [1.54, 1.807) is 0 Å². The third kappa shape index (κ3) is 6.05. The van der Waals surface area contributed by atoms with Crippen molar-refractivity contribution in [2.45, 2.75) is 27.2 Å². The Morgan fingerprint density at radius 1 is 1.08 bits per heavy atom. The van der Waals surface area contributed by atoms with E-state index in [4.69, 9.17) is 4.74 Å². The number of carbonyl (C=O) groups is 2. The second kappa shape index (κ2) is 9.36. The van der Waals surface area contributed by atoms with Gasteiger partial charge in [-0.25, -0.2) is 5.43 Å². The molecule has 2 aromatic carbocycles. The normalized spacial score (nSPS) is 10.6. The lowest BCUT2D eigenvalue weighted by Crippen LogP contribution is -2.24. The molecule has 0 radical (unpaired) electrons. The highest BCUT2D eigenvalue weighted by Crippen LogP contribution is 2.16. The lowest BCUT2D eigenvalue weighted by molar-refractivity contribution is -0.126. The van der Waals surface area contributed by atoms with E-state index >= 15 is 0 Å². The highest BCUT2D eigenvalue weighted by atomic mass is 16.5. The molecule has 0 saturated carbocycles. The average molecular weight is 353 g/mol. The predicted molar refractivity (Wildman–Crippen MR) is 103 cm³/mol. The first-order chi connectivity index (χ1) is 12.5. The predicted octanol–water partition coefficient (Wildman–Crippen LogP) is 3.18. The first-order valence-electron chi connectivity index (χ1n) is 8.40. The van der Waals surface area contributed by atoms with Gasteiger partial charge in [-0.05, 0) is 62.2 Å². The molecule has 0 unspecified atom stereocenters. The minimum absolute atomic E-state index is 0.298. The van der Waals surface area contributed by atoms with Crippen molar-refractivity contribution < 1.29 is 14.3 Å². The molecule has 2 amide bonds. The van der Waals surface area contributed by atoms with E-state index in [-0.39, 0.29) is 12.3 Å². The number of rotatable bonds is 7. The Hall–Kier alpha value is -3.15. The van der Waals surface area contributed by atoms with Crippen LogP contribution in [0.15, 0.2) is 47.6 Å². The summed E-state index contributed by atoms with van der Waals surface area (Å²) in [7, 11) is 0. The van der Waals surface area contributed by atoms with E-state index < -0.39 is 5.91 Å². The van der Waals surface area contributed by atoms with Crippen LogP contribution >= 0.6 is 0 Å². The third-order valence-electron chi connectivity index (χ3n) is 3.57. The first kappa shape index (κ1) is 19.2. The molecular weight excluding hydrogens is 330 g/mol. The standard InChI is InChI=1S/C20H23N3O3/c1-4-26-17-8-6-16(7-9-17)13-21-23-20(25)12-19(24)22-18-10-5-14(2)11-15(18)3/h5-11,13H,4,12H2,1-3H3,(H,22,24)(H,23,25). The molecule has 0 aromatic heterocycles. The largest absolute Gasteiger partial charge is 0.494 e. The topological polar surface area (TPSA) is 79.8 Å². The minimum atomic E-state index is -0.477. The zero-order valence-electron chi connectivity index (χ0n) is 15.2. The molecule has 136 valence electrons. The molecule has 0 heterocycles. The summed E-state index contributed by atoms with van der Waals surface area (Å²) in [5.74, 6) is -0.0862. The molecule has 0 aliphatic carbocycles. The summed E-state index contributed by atoms with van der Waals surface area (Å²) in [6.07, 6.45) is 1.21. The Kier molecular flexibility index (Phi) is 6.91. The molecule has 2 aromatic rings. The van der Waals surface area contributed by atoms with Crippen molar-refractivity contribution in [3.8, 4) is 5.75 Å². The number of ether oxygens (including phenoxy) is 1. The fourth-order valence-corrected chi connectivity index (χ4v) is 2.33. The molecular formula is C20H23N3O3. The van der Waals surface area contributed by atoms with Gasteiger partial charge in [-0.2, -0.15) is 5.10 Å². The van der Waals surface area contributed by atoms with Gasteiger partial charge in [0.25, 0.3) is 0 Å². The number of nitrogens with one attached hydrogen (secondary N) is 2. The summed E-state index contributed by atoms with van der Waals surface area (Å²) in [5, 5.41) is 6.59. The van der Waals surface area contributed by atoms with Crippen molar-refractivity contribution in [2.75, 3.05) is 11.9 Å². The van der Waals surface area contributed by atoms with Gasteiger partial charge in [0.1, 0.15) is 12.2 Å². The van der Waals surface area contributed by atoms with Crippen molar-refractivity contribution in [2.24, 2.45) is 5.10 Å².